The molecule has 0 heterocycles. The summed E-state index contributed by atoms with van der Waals surface area (Å²) in [6.45, 7) is 14.9. The van der Waals surface area contributed by atoms with E-state index in [2.05, 4.69) is 40.7 Å². The predicted molar refractivity (Wildman–Crippen MR) is 137 cm³/mol. The fraction of sp³-hybridized carbons (Fsp3) is 0.900. The minimum absolute atomic E-state index is 0.0518. The maximum absolute atomic E-state index is 12.8. The molecule has 0 aliphatic heterocycles. The van der Waals surface area contributed by atoms with Crippen LogP contribution in [0.15, 0.2) is 11.6 Å². The molecule has 4 saturated carbocycles. The topological polar surface area (TPSA) is 118 Å². The van der Waals surface area contributed by atoms with Crippen molar-refractivity contribution >= 4 is 5.97 Å². The van der Waals surface area contributed by atoms with Crippen LogP contribution in [0.3, 0.4) is 0 Å². The Morgan fingerprint density at radius 2 is 1.42 bits per heavy atom. The molecule has 0 amide bonds. The van der Waals surface area contributed by atoms with Crippen molar-refractivity contribution in [2.45, 2.75) is 118 Å². The number of aliphatic hydroxyl groups excluding tert-OH is 4. The molecule has 204 valence electrons. The summed E-state index contributed by atoms with van der Waals surface area (Å²) in [6, 6.07) is 0. The Balaban J connectivity index is 1.66. The lowest BCUT2D eigenvalue weighted by Crippen LogP contribution is -2.72. The zero-order valence-corrected chi connectivity index (χ0v) is 23.2. The number of carboxylic acid groups (broad SMARTS) is 1. The van der Waals surface area contributed by atoms with Crippen LogP contribution in [0.1, 0.15) is 93.4 Å². The maximum atomic E-state index is 12.8. The molecule has 4 fully saturated rings. The first-order valence-electron chi connectivity index (χ1n) is 14.1. The van der Waals surface area contributed by atoms with Crippen molar-refractivity contribution in [3.8, 4) is 0 Å². The molecule has 0 bridgehead atoms. The first-order valence-corrected chi connectivity index (χ1v) is 14.1. The third kappa shape index (κ3) is 2.85. The summed E-state index contributed by atoms with van der Waals surface area (Å²) in [5, 5.41) is 55.6. The monoisotopic (exact) mass is 504 g/mol. The first-order chi connectivity index (χ1) is 16.4. The Morgan fingerprint density at radius 1 is 0.806 bits per heavy atom. The average Bonchev–Trinajstić information content (AvgIpc) is 2.79. The van der Waals surface area contributed by atoms with Crippen molar-refractivity contribution in [2.75, 3.05) is 0 Å². The molecule has 0 radical (unpaired) electrons. The Morgan fingerprint density at radius 3 is 2.03 bits per heavy atom. The van der Waals surface area contributed by atoms with Crippen LogP contribution in [0.25, 0.3) is 0 Å². The highest BCUT2D eigenvalue weighted by Gasteiger charge is 2.72. The van der Waals surface area contributed by atoms with Gasteiger partial charge in [-0.3, -0.25) is 4.79 Å². The molecule has 11 atom stereocenters. The molecule has 5 rings (SSSR count). The van der Waals surface area contributed by atoms with Crippen LogP contribution in [0.2, 0.25) is 0 Å². The fourth-order valence-corrected chi connectivity index (χ4v) is 10.7. The summed E-state index contributed by atoms with van der Waals surface area (Å²) in [4.78, 5) is 12.8. The fourth-order valence-electron chi connectivity index (χ4n) is 10.7. The average molecular weight is 505 g/mol. The van der Waals surface area contributed by atoms with Crippen LogP contribution in [0.4, 0.5) is 0 Å². The number of aliphatic hydroxyl groups is 4. The number of rotatable bonds is 1. The van der Waals surface area contributed by atoms with Crippen LogP contribution < -0.4 is 0 Å². The highest BCUT2D eigenvalue weighted by molar-refractivity contribution is 5.77. The normalized spacial score (nSPS) is 55.3. The summed E-state index contributed by atoms with van der Waals surface area (Å²) >= 11 is 0. The summed E-state index contributed by atoms with van der Waals surface area (Å²) in [6.07, 6.45) is 3.29. The van der Waals surface area contributed by atoms with Crippen molar-refractivity contribution in [3.63, 3.8) is 0 Å². The molecular weight excluding hydrogens is 456 g/mol. The van der Waals surface area contributed by atoms with E-state index >= 15 is 0 Å². The lowest BCUT2D eigenvalue weighted by Gasteiger charge is -2.72. The van der Waals surface area contributed by atoms with Gasteiger partial charge in [-0.2, -0.15) is 0 Å². The van der Waals surface area contributed by atoms with Crippen molar-refractivity contribution in [1.82, 2.24) is 0 Å². The minimum atomic E-state index is -1.20. The van der Waals surface area contributed by atoms with Gasteiger partial charge >= 0.3 is 5.97 Å². The van der Waals surface area contributed by atoms with Gasteiger partial charge in [-0.15, -0.1) is 0 Å². The number of fused-ring (bicyclic) bond motifs is 7. The van der Waals surface area contributed by atoms with Crippen molar-refractivity contribution in [3.05, 3.63) is 11.6 Å². The molecule has 36 heavy (non-hydrogen) atoms. The van der Waals surface area contributed by atoms with E-state index in [-0.39, 0.29) is 28.1 Å². The van der Waals surface area contributed by atoms with E-state index in [1.165, 1.54) is 0 Å². The van der Waals surface area contributed by atoms with Crippen molar-refractivity contribution < 1.29 is 30.3 Å². The van der Waals surface area contributed by atoms with E-state index in [4.69, 9.17) is 0 Å². The number of carboxylic acids is 1. The van der Waals surface area contributed by atoms with Gasteiger partial charge in [0.15, 0.2) is 0 Å². The lowest BCUT2D eigenvalue weighted by molar-refractivity contribution is -0.279. The van der Waals surface area contributed by atoms with Gasteiger partial charge in [-0.25, -0.2) is 0 Å². The van der Waals surface area contributed by atoms with Crippen LogP contribution in [0, 0.1) is 50.2 Å². The van der Waals surface area contributed by atoms with E-state index in [9.17, 15) is 30.3 Å². The van der Waals surface area contributed by atoms with E-state index < -0.39 is 52.5 Å². The smallest absolute Gasteiger partial charge is 0.310 e. The Hall–Kier alpha value is -0.950. The van der Waals surface area contributed by atoms with Gasteiger partial charge in [-0.05, 0) is 78.4 Å². The van der Waals surface area contributed by atoms with Gasteiger partial charge in [0.05, 0.1) is 23.7 Å². The predicted octanol–water partition coefficient (Wildman–Crippen LogP) is 4.15. The van der Waals surface area contributed by atoms with Crippen LogP contribution >= 0.6 is 0 Å². The van der Waals surface area contributed by atoms with Gasteiger partial charge in [-0.1, -0.05) is 60.1 Å². The van der Waals surface area contributed by atoms with E-state index in [0.717, 1.165) is 24.8 Å². The number of hydrogen-bond acceptors (Lipinski definition) is 5. The Labute approximate surface area is 216 Å². The second kappa shape index (κ2) is 7.58. The van der Waals surface area contributed by atoms with Gasteiger partial charge in [0, 0.05) is 11.3 Å². The Kier molecular flexibility index (Phi) is 5.61. The zero-order valence-electron chi connectivity index (χ0n) is 23.2. The molecule has 5 N–H and O–H groups in total. The van der Waals surface area contributed by atoms with Gasteiger partial charge < -0.3 is 25.5 Å². The molecule has 6 nitrogen and oxygen atoms in total. The van der Waals surface area contributed by atoms with Crippen molar-refractivity contribution in [1.29, 1.82) is 0 Å². The zero-order chi connectivity index (χ0) is 26.9. The van der Waals surface area contributed by atoms with E-state index in [0.29, 0.717) is 25.7 Å². The second-order valence-corrected chi connectivity index (χ2v) is 15.2. The third-order valence-corrected chi connectivity index (χ3v) is 13.4. The lowest BCUT2D eigenvalue weighted by atomic mass is 9.33. The van der Waals surface area contributed by atoms with Gasteiger partial charge in [0.25, 0.3) is 0 Å². The second-order valence-electron chi connectivity index (χ2n) is 15.2. The molecule has 0 saturated heterocycles. The molecule has 5 aliphatic rings. The highest BCUT2D eigenvalue weighted by Crippen LogP contribution is 2.75. The van der Waals surface area contributed by atoms with Crippen LogP contribution in [-0.4, -0.2) is 55.9 Å². The molecule has 0 aromatic carbocycles. The number of aliphatic carboxylic acids is 1. The summed E-state index contributed by atoms with van der Waals surface area (Å²) in [5.74, 6) is -1.08. The third-order valence-electron chi connectivity index (χ3n) is 13.4. The van der Waals surface area contributed by atoms with E-state index in [1.807, 2.05) is 13.8 Å². The molecule has 0 aromatic heterocycles. The molecule has 0 aromatic rings. The molecule has 5 aliphatic carbocycles. The quantitative estimate of drug-likeness (QED) is 0.343. The standard InChI is InChI=1S/C30H48O6/c1-25(2)12-14-30(24(35)36)15-13-27(5)16(19(30)21(25)32)8-9-18-28(27,6)11-10-17-26(3,4)22(33)20(31)23(34)29(17,18)7/h8,17-23,31-34H,9-15H2,1-7H3,(H,35,36). The number of allylic oxidation sites excluding steroid dienone is 1. The van der Waals surface area contributed by atoms with Gasteiger partial charge in [0.2, 0.25) is 0 Å². The molecular formula is C30H48O6. The minimum Gasteiger partial charge on any atom is -0.481 e. The van der Waals surface area contributed by atoms with Crippen LogP contribution in [-0.2, 0) is 4.79 Å². The van der Waals surface area contributed by atoms with Crippen molar-refractivity contribution in [2.24, 2.45) is 50.2 Å². The SMILES string of the molecule is CC1(C)CCC2(C(=O)O)CCC3(C)C(=CCC4C5(C)C(O)C(O)C(O)C(C)(C)C5CCC43C)C2C1O. The Bertz CT molecular complexity index is 986. The molecule has 11 unspecified atom stereocenters. The number of hydrogen-bond donors (Lipinski definition) is 5. The van der Waals surface area contributed by atoms with Crippen LogP contribution in [0.5, 0.6) is 0 Å². The summed E-state index contributed by atoms with van der Waals surface area (Å²) < 4.78 is 0. The molecule has 0 spiro atoms. The number of carbonyl (C=O) groups is 1. The largest absolute Gasteiger partial charge is 0.481 e. The summed E-state index contributed by atoms with van der Waals surface area (Å²) in [7, 11) is 0. The molecule has 6 heteroatoms. The highest BCUT2D eigenvalue weighted by atomic mass is 16.4. The summed E-state index contributed by atoms with van der Waals surface area (Å²) in [5.41, 5.74) is -1.84. The van der Waals surface area contributed by atoms with Gasteiger partial charge in [0.1, 0.15) is 6.10 Å². The first kappa shape index (κ1) is 26.6. The van der Waals surface area contributed by atoms with E-state index in [1.54, 1.807) is 0 Å². The maximum Gasteiger partial charge on any atom is 0.310 e.